The molecule has 1 aliphatic carbocycles. The summed E-state index contributed by atoms with van der Waals surface area (Å²) in [6.07, 6.45) is 6.66. The van der Waals surface area contributed by atoms with Gasteiger partial charge in [-0.3, -0.25) is 4.79 Å². The van der Waals surface area contributed by atoms with Gasteiger partial charge in [0.05, 0.1) is 5.56 Å². The Kier molecular flexibility index (Phi) is 4.40. The molecule has 1 aromatic rings. The monoisotopic (exact) mass is 265 g/mol. The highest BCUT2D eigenvalue weighted by Gasteiger charge is 2.24. The standard InChI is InChI=1S/C15H20FNO2/c1-17(11-6-4-2-3-5-7-11)15(19)13-9-8-12(18)10-14(13)16/h8-11,18H,2-7H2,1H3. The van der Waals surface area contributed by atoms with E-state index in [1.165, 1.54) is 25.0 Å². The molecule has 1 N–H and O–H groups in total. The number of aromatic hydroxyl groups is 1. The van der Waals surface area contributed by atoms with Gasteiger partial charge in [0.1, 0.15) is 11.6 Å². The van der Waals surface area contributed by atoms with E-state index < -0.39 is 5.82 Å². The topological polar surface area (TPSA) is 40.5 Å². The smallest absolute Gasteiger partial charge is 0.256 e. The Morgan fingerprint density at radius 3 is 2.47 bits per heavy atom. The fraction of sp³-hybridized carbons (Fsp3) is 0.533. The lowest BCUT2D eigenvalue weighted by Crippen LogP contribution is -2.37. The van der Waals surface area contributed by atoms with E-state index in [4.69, 9.17) is 0 Å². The van der Waals surface area contributed by atoms with Gasteiger partial charge in [-0.2, -0.15) is 0 Å². The first kappa shape index (κ1) is 13.8. The van der Waals surface area contributed by atoms with Crippen LogP contribution in [0, 0.1) is 5.82 Å². The van der Waals surface area contributed by atoms with Crippen LogP contribution in [0.25, 0.3) is 0 Å². The van der Waals surface area contributed by atoms with Gasteiger partial charge in [-0.25, -0.2) is 4.39 Å². The van der Waals surface area contributed by atoms with Gasteiger partial charge >= 0.3 is 0 Å². The van der Waals surface area contributed by atoms with Crippen LogP contribution in [-0.4, -0.2) is 29.0 Å². The first-order valence-electron chi connectivity index (χ1n) is 6.85. The molecule has 3 nitrogen and oxygen atoms in total. The van der Waals surface area contributed by atoms with Crippen molar-refractivity contribution < 1.29 is 14.3 Å². The van der Waals surface area contributed by atoms with Crippen LogP contribution >= 0.6 is 0 Å². The van der Waals surface area contributed by atoms with Crippen molar-refractivity contribution in [2.45, 2.75) is 44.6 Å². The highest BCUT2D eigenvalue weighted by atomic mass is 19.1. The van der Waals surface area contributed by atoms with E-state index in [2.05, 4.69) is 0 Å². The summed E-state index contributed by atoms with van der Waals surface area (Å²) >= 11 is 0. The number of benzene rings is 1. The summed E-state index contributed by atoms with van der Waals surface area (Å²) < 4.78 is 13.7. The molecule has 1 amide bonds. The van der Waals surface area contributed by atoms with Crippen LogP contribution in [0.4, 0.5) is 4.39 Å². The molecular weight excluding hydrogens is 245 g/mol. The number of amides is 1. The van der Waals surface area contributed by atoms with E-state index in [0.29, 0.717) is 0 Å². The van der Waals surface area contributed by atoms with Gasteiger partial charge in [0.15, 0.2) is 0 Å². The van der Waals surface area contributed by atoms with Crippen LogP contribution in [0.5, 0.6) is 5.75 Å². The summed E-state index contributed by atoms with van der Waals surface area (Å²) in [5.74, 6) is -1.12. The van der Waals surface area contributed by atoms with E-state index in [1.807, 2.05) is 0 Å². The lowest BCUT2D eigenvalue weighted by Gasteiger charge is -2.27. The zero-order valence-electron chi connectivity index (χ0n) is 11.2. The van der Waals surface area contributed by atoms with E-state index in [9.17, 15) is 14.3 Å². The molecule has 1 fully saturated rings. The molecule has 1 saturated carbocycles. The van der Waals surface area contributed by atoms with Gasteiger partial charge in [-0.05, 0) is 25.0 Å². The predicted octanol–water partition coefficient (Wildman–Crippen LogP) is 3.33. The Labute approximate surface area is 113 Å². The highest BCUT2D eigenvalue weighted by molar-refractivity contribution is 5.94. The summed E-state index contributed by atoms with van der Waals surface area (Å²) in [7, 11) is 1.74. The normalized spacial score (nSPS) is 16.9. The minimum atomic E-state index is -0.662. The lowest BCUT2D eigenvalue weighted by molar-refractivity contribution is 0.0713. The Morgan fingerprint density at radius 1 is 1.26 bits per heavy atom. The predicted molar refractivity (Wildman–Crippen MR) is 71.6 cm³/mol. The molecule has 0 radical (unpaired) electrons. The van der Waals surface area contributed by atoms with Crippen LogP contribution in [0.3, 0.4) is 0 Å². The largest absolute Gasteiger partial charge is 0.508 e. The lowest BCUT2D eigenvalue weighted by atomic mass is 10.1. The maximum atomic E-state index is 13.7. The van der Waals surface area contributed by atoms with E-state index >= 15 is 0 Å². The molecule has 0 heterocycles. The average molecular weight is 265 g/mol. The Balaban J connectivity index is 2.13. The SMILES string of the molecule is CN(C(=O)c1ccc(O)cc1F)C1CCCCCC1. The quantitative estimate of drug-likeness (QED) is 0.833. The number of hydrogen-bond acceptors (Lipinski definition) is 2. The third kappa shape index (κ3) is 3.25. The molecule has 1 aliphatic rings. The van der Waals surface area contributed by atoms with Crippen molar-refractivity contribution in [2.75, 3.05) is 7.05 Å². The molecule has 2 rings (SSSR count). The summed E-state index contributed by atoms with van der Waals surface area (Å²) in [4.78, 5) is 13.9. The Hall–Kier alpha value is -1.58. The molecule has 1 aromatic carbocycles. The zero-order chi connectivity index (χ0) is 13.8. The van der Waals surface area contributed by atoms with Crippen molar-refractivity contribution in [1.29, 1.82) is 0 Å². The van der Waals surface area contributed by atoms with E-state index in [1.54, 1.807) is 11.9 Å². The molecule has 4 heteroatoms. The van der Waals surface area contributed by atoms with Crippen LogP contribution in [0.1, 0.15) is 48.9 Å². The van der Waals surface area contributed by atoms with Crippen molar-refractivity contribution >= 4 is 5.91 Å². The molecule has 19 heavy (non-hydrogen) atoms. The fourth-order valence-corrected chi connectivity index (χ4v) is 2.68. The third-order valence-corrected chi connectivity index (χ3v) is 3.88. The van der Waals surface area contributed by atoms with Crippen LogP contribution in [0.2, 0.25) is 0 Å². The summed E-state index contributed by atoms with van der Waals surface area (Å²) in [5.41, 5.74) is 0.0320. The number of carbonyl (C=O) groups excluding carboxylic acids is 1. The molecular formula is C15H20FNO2. The zero-order valence-corrected chi connectivity index (χ0v) is 11.2. The first-order valence-corrected chi connectivity index (χ1v) is 6.85. The number of phenolic OH excluding ortho intramolecular Hbond substituents is 1. The van der Waals surface area contributed by atoms with Gasteiger partial charge in [0.2, 0.25) is 0 Å². The van der Waals surface area contributed by atoms with Crippen LogP contribution in [-0.2, 0) is 0 Å². The van der Waals surface area contributed by atoms with Gasteiger partial charge < -0.3 is 10.0 Å². The summed E-state index contributed by atoms with van der Waals surface area (Å²) in [5, 5.41) is 9.18. The van der Waals surface area contributed by atoms with Crippen molar-refractivity contribution in [3.63, 3.8) is 0 Å². The number of carbonyl (C=O) groups is 1. The first-order chi connectivity index (χ1) is 9.09. The minimum absolute atomic E-state index is 0.0320. The maximum absolute atomic E-state index is 13.7. The van der Waals surface area contributed by atoms with Crippen molar-refractivity contribution in [2.24, 2.45) is 0 Å². The number of nitrogens with zero attached hydrogens (tertiary/aromatic N) is 1. The average Bonchev–Trinajstić information content (AvgIpc) is 2.66. The molecule has 0 saturated heterocycles. The number of rotatable bonds is 2. The van der Waals surface area contributed by atoms with Crippen molar-refractivity contribution in [3.8, 4) is 5.75 Å². The van der Waals surface area contributed by atoms with E-state index in [0.717, 1.165) is 31.7 Å². The minimum Gasteiger partial charge on any atom is -0.508 e. The van der Waals surface area contributed by atoms with Gasteiger partial charge in [0.25, 0.3) is 5.91 Å². The second-order valence-electron chi connectivity index (χ2n) is 5.23. The Morgan fingerprint density at radius 2 is 1.89 bits per heavy atom. The van der Waals surface area contributed by atoms with Crippen LogP contribution < -0.4 is 0 Å². The number of hydrogen-bond donors (Lipinski definition) is 1. The molecule has 0 spiro atoms. The van der Waals surface area contributed by atoms with Crippen molar-refractivity contribution in [3.05, 3.63) is 29.6 Å². The fourth-order valence-electron chi connectivity index (χ4n) is 2.68. The highest BCUT2D eigenvalue weighted by Crippen LogP contribution is 2.23. The number of halogens is 1. The van der Waals surface area contributed by atoms with Gasteiger partial charge in [-0.15, -0.1) is 0 Å². The number of phenols is 1. The molecule has 0 bridgehead atoms. The summed E-state index contributed by atoms with van der Waals surface area (Å²) in [6.45, 7) is 0. The molecule has 0 aromatic heterocycles. The second-order valence-corrected chi connectivity index (χ2v) is 5.23. The Bertz CT molecular complexity index is 453. The third-order valence-electron chi connectivity index (χ3n) is 3.88. The van der Waals surface area contributed by atoms with Crippen molar-refractivity contribution in [1.82, 2.24) is 4.90 Å². The van der Waals surface area contributed by atoms with Gasteiger partial charge in [0, 0.05) is 19.2 Å². The summed E-state index contributed by atoms with van der Waals surface area (Å²) in [6, 6.07) is 3.87. The molecule has 0 aliphatic heterocycles. The molecule has 104 valence electrons. The second kappa shape index (κ2) is 6.04. The maximum Gasteiger partial charge on any atom is 0.256 e. The molecule has 0 unspecified atom stereocenters. The molecule has 0 atom stereocenters. The van der Waals surface area contributed by atoms with E-state index in [-0.39, 0.29) is 23.3 Å². The van der Waals surface area contributed by atoms with Crippen LogP contribution in [0.15, 0.2) is 18.2 Å². The van der Waals surface area contributed by atoms with Gasteiger partial charge in [-0.1, -0.05) is 25.7 Å².